The van der Waals surface area contributed by atoms with E-state index in [2.05, 4.69) is 10.3 Å². The summed E-state index contributed by atoms with van der Waals surface area (Å²) in [6.45, 7) is 0.323. The number of anilines is 1. The predicted octanol–water partition coefficient (Wildman–Crippen LogP) is 2.85. The van der Waals surface area contributed by atoms with Crippen LogP contribution in [0.15, 0.2) is 52.8 Å². The minimum Gasteiger partial charge on any atom is -0.493 e. The number of fused-ring (bicyclic) bond motifs is 1. The Morgan fingerprint density at radius 3 is 2.54 bits per heavy atom. The predicted molar refractivity (Wildman–Crippen MR) is 101 cm³/mol. The van der Waals surface area contributed by atoms with Crippen molar-refractivity contribution in [2.45, 2.75) is 18.6 Å². The number of methoxy groups -OCH3 is 2. The molecule has 1 fully saturated rings. The largest absolute Gasteiger partial charge is 0.493 e. The van der Waals surface area contributed by atoms with Crippen LogP contribution in [0.2, 0.25) is 5.02 Å². The van der Waals surface area contributed by atoms with Gasteiger partial charge in [-0.25, -0.2) is 4.90 Å². The minimum atomic E-state index is -0.861. The maximum Gasteiger partial charge on any atom is 0.263 e. The van der Waals surface area contributed by atoms with Crippen molar-refractivity contribution in [2.24, 2.45) is 10.3 Å². The quantitative estimate of drug-likeness (QED) is 0.720. The second-order valence-electron chi connectivity index (χ2n) is 6.37. The first-order chi connectivity index (χ1) is 13.5. The van der Waals surface area contributed by atoms with Gasteiger partial charge in [0.15, 0.2) is 23.6 Å². The summed E-state index contributed by atoms with van der Waals surface area (Å²) in [6.07, 6.45) is 0. The normalized spacial score (nSPS) is 20.7. The van der Waals surface area contributed by atoms with E-state index in [1.54, 1.807) is 30.3 Å². The Labute approximate surface area is 166 Å². The summed E-state index contributed by atoms with van der Waals surface area (Å²) in [7, 11) is 3.01. The van der Waals surface area contributed by atoms with Crippen molar-refractivity contribution in [2.75, 3.05) is 19.1 Å². The van der Waals surface area contributed by atoms with Crippen LogP contribution in [0.1, 0.15) is 5.56 Å². The van der Waals surface area contributed by atoms with Crippen molar-refractivity contribution >= 4 is 29.1 Å². The summed E-state index contributed by atoms with van der Waals surface area (Å²) in [5.41, 5.74) is 1.27. The fourth-order valence-electron chi connectivity index (χ4n) is 3.39. The standard InChI is InChI=1S/C19H17ClN4O4/c1-27-14-7-6-13(9-15(14)28-2)24-18(25)16-17(19(24)26)23(22-21-16)10-11-4-3-5-12(20)8-11/h3-9,16-17H,10H2,1-2H3/t16-,17-/m1/s1. The van der Waals surface area contributed by atoms with Crippen LogP contribution in [0.3, 0.4) is 0 Å². The van der Waals surface area contributed by atoms with Crippen LogP contribution in [0.25, 0.3) is 0 Å². The lowest BCUT2D eigenvalue weighted by atomic mass is 10.1. The van der Waals surface area contributed by atoms with E-state index >= 15 is 0 Å². The first kappa shape index (κ1) is 18.2. The number of carbonyl (C=O) groups is 2. The topological polar surface area (TPSA) is 83.8 Å². The SMILES string of the molecule is COc1ccc(N2C(=O)[C@@H]3N=NN(Cc4cccc(Cl)c4)[C@H]3C2=O)cc1OC. The first-order valence-electron chi connectivity index (χ1n) is 8.55. The highest BCUT2D eigenvalue weighted by Crippen LogP contribution is 2.37. The van der Waals surface area contributed by atoms with Crippen LogP contribution in [0, 0.1) is 0 Å². The number of nitrogens with zero attached hydrogens (tertiary/aromatic N) is 4. The molecule has 0 bridgehead atoms. The summed E-state index contributed by atoms with van der Waals surface area (Å²) in [6, 6.07) is 10.5. The van der Waals surface area contributed by atoms with Gasteiger partial charge in [-0.2, -0.15) is 5.11 Å². The smallest absolute Gasteiger partial charge is 0.263 e. The fourth-order valence-corrected chi connectivity index (χ4v) is 3.61. The van der Waals surface area contributed by atoms with Crippen LogP contribution < -0.4 is 14.4 Å². The number of hydrogen-bond donors (Lipinski definition) is 0. The summed E-state index contributed by atoms with van der Waals surface area (Å²) in [5, 5.41) is 10.2. The molecule has 2 aromatic rings. The molecule has 2 aliphatic heterocycles. The number of carbonyl (C=O) groups excluding carboxylic acids is 2. The van der Waals surface area contributed by atoms with E-state index in [1.807, 2.05) is 12.1 Å². The van der Waals surface area contributed by atoms with Crippen molar-refractivity contribution in [3.05, 3.63) is 53.1 Å². The number of halogens is 1. The highest BCUT2D eigenvalue weighted by atomic mass is 35.5. The maximum atomic E-state index is 13.1. The van der Waals surface area contributed by atoms with E-state index < -0.39 is 18.0 Å². The van der Waals surface area contributed by atoms with Gasteiger partial charge in [0.1, 0.15) is 0 Å². The van der Waals surface area contributed by atoms with E-state index in [-0.39, 0.29) is 5.91 Å². The van der Waals surface area contributed by atoms with Gasteiger partial charge in [-0.1, -0.05) is 29.0 Å². The Balaban J connectivity index is 1.61. The molecule has 2 aromatic carbocycles. The molecular weight excluding hydrogens is 384 g/mol. The Morgan fingerprint density at radius 1 is 1.04 bits per heavy atom. The lowest BCUT2D eigenvalue weighted by Crippen LogP contribution is -2.39. The van der Waals surface area contributed by atoms with Crippen molar-refractivity contribution < 1.29 is 19.1 Å². The lowest BCUT2D eigenvalue weighted by molar-refractivity contribution is -0.123. The van der Waals surface area contributed by atoms with Crippen molar-refractivity contribution in [1.29, 1.82) is 0 Å². The third-order valence-electron chi connectivity index (χ3n) is 4.72. The average Bonchev–Trinajstić information content (AvgIpc) is 3.21. The van der Waals surface area contributed by atoms with Gasteiger partial charge >= 0.3 is 0 Å². The number of rotatable bonds is 5. The fraction of sp³-hybridized carbons (Fsp3) is 0.263. The molecule has 2 atom stereocenters. The average molecular weight is 401 g/mol. The molecule has 2 aliphatic rings. The van der Waals surface area contributed by atoms with Gasteiger partial charge in [0, 0.05) is 11.1 Å². The zero-order valence-electron chi connectivity index (χ0n) is 15.2. The van der Waals surface area contributed by atoms with Crippen molar-refractivity contribution in [3.8, 4) is 11.5 Å². The van der Waals surface area contributed by atoms with Gasteiger partial charge in [0.05, 0.1) is 26.5 Å². The molecule has 28 heavy (non-hydrogen) atoms. The minimum absolute atomic E-state index is 0.323. The summed E-state index contributed by atoms with van der Waals surface area (Å²) in [4.78, 5) is 27.0. The second kappa shape index (κ2) is 7.12. The van der Waals surface area contributed by atoms with Crippen LogP contribution in [0.4, 0.5) is 5.69 Å². The monoisotopic (exact) mass is 400 g/mol. The molecule has 0 aromatic heterocycles. The molecule has 0 spiro atoms. The maximum absolute atomic E-state index is 13.1. The van der Waals surface area contributed by atoms with E-state index in [9.17, 15) is 9.59 Å². The third-order valence-corrected chi connectivity index (χ3v) is 4.95. The van der Waals surface area contributed by atoms with Crippen LogP contribution in [-0.4, -0.2) is 43.1 Å². The number of amides is 2. The number of hydrogen-bond acceptors (Lipinski definition) is 7. The molecule has 0 aliphatic carbocycles. The molecule has 4 rings (SSSR count). The molecule has 2 heterocycles. The molecule has 0 radical (unpaired) electrons. The Morgan fingerprint density at radius 2 is 1.82 bits per heavy atom. The van der Waals surface area contributed by atoms with Crippen molar-refractivity contribution in [3.63, 3.8) is 0 Å². The van der Waals surface area contributed by atoms with E-state index in [0.29, 0.717) is 28.8 Å². The van der Waals surface area contributed by atoms with Crippen LogP contribution >= 0.6 is 11.6 Å². The highest BCUT2D eigenvalue weighted by Gasteiger charge is 2.54. The summed E-state index contributed by atoms with van der Waals surface area (Å²) < 4.78 is 10.5. The Bertz CT molecular complexity index is 980. The molecule has 1 saturated heterocycles. The van der Waals surface area contributed by atoms with E-state index in [4.69, 9.17) is 21.1 Å². The molecule has 0 unspecified atom stereocenters. The lowest BCUT2D eigenvalue weighted by Gasteiger charge is -2.21. The number of benzene rings is 2. The van der Waals surface area contributed by atoms with Gasteiger partial charge < -0.3 is 9.47 Å². The third kappa shape index (κ3) is 2.95. The zero-order valence-corrected chi connectivity index (χ0v) is 16.0. The van der Waals surface area contributed by atoms with Gasteiger partial charge in [0.2, 0.25) is 0 Å². The molecule has 2 amide bonds. The zero-order chi connectivity index (χ0) is 19.8. The second-order valence-corrected chi connectivity index (χ2v) is 6.81. The van der Waals surface area contributed by atoms with E-state index in [0.717, 1.165) is 10.5 Å². The Kier molecular flexibility index (Phi) is 4.64. The molecule has 0 saturated carbocycles. The summed E-state index contributed by atoms with van der Waals surface area (Å²) >= 11 is 6.03. The molecule has 9 heteroatoms. The van der Waals surface area contributed by atoms with Gasteiger partial charge in [0.25, 0.3) is 11.8 Å². The van der Waals surface area contributed by atoms with Crippen molar-refractivity contribution in [1.82, 2.24) is 5.01 Å². The first-order valence-corrected chi connectivity index (χ1v) is 8.93. The van der Waals surface area contributed by atoms with Crippen LogP contribution in [-0.2, 0) is 16.1 Å². The molecule has 144 valence electrons. The number of imide groups is 1. The molecular formula is C19H17ClN4O4. The summed E-state index contributed by atoms with van der Waals surface area (Å²) in [5.74, 6) is 0.136. The Hall–Kier alpha value is -3.13. The van der Waals surface area contributed by atoms with Gasteiger partial charge in [-0.3, -0.25) is 14.6 Å². The molecule has 8 nitrogen and oxygen atoms in total. The highest BCUT2D eigenvalue weighted by molar-refractivity contribution is 6.30. The number of ether oxygens (including phenoxy) is 2. The van der Waals surface area contributed by atoms with E-state index in [1.165, 1.54) is 19.2 Å². The van der Waals surface area contributed by atoms with Crippen LogP contribution in [0.5, 0.6) is 11.5 Å². The van der Waals surface area contributed by atoms with Gasteiger partial charge in [-0.15, -0.1) is 0 Å². The van der Waals surface area contributed by atoms with Gasteiger partial charge in [-0.05, 0) is 29.8 Å². The molecule has 0 N–H and O–H groups in total.